The molecule has 9 heavy (non-hydrogen) atoms. The summed E-state index contributed by atoms with van der Waals surface area (Å²) < 4.78 is 0. The first kappa shape index (κ1) is 8.34. The van der Waals surface area contributed by atoms with Gasteiger partial charge in [-0.1, -0.05) is 0 Å². The summed E-state index contributed by atoms with van der Waals surface area (Å²) in [4.78, 5) is 7.94. The molecule has 0 fully saturated rings. The normalized spacial score (nSPS) is 8.00. The summed E-state index contributed by atoms with van der Waals surface area (Å²) in [6, 6.07) is 0. The Balaban J connectivity index is 3.10. The average molecular weight is 168 g/mol. The van der Waals surface area contributed by atoms with E-state index in [1.54, 1.807) is 0 Å². The van der Waals surface area contributed by atoms with Crippen molar-refractivity contribution in [3.63, 3.8) is 0 Å². The van der Waals surface area contributed by atoms with E-state index in [1.807, 2.05) is 0 Å². The Morgan fingerprint density at radius 1 is 1.00 bits per heavy atom. The lowest BCUT2D eigenvalue weighted by Crippen LogP contribution is -2.18. The Kier molecular flexibility index (Phi) is 3.93. The molecule has 0 heterocycles. The number of thiocarbonyl (C=S) groups is 2. The van der Waals surface area contributed by atoms with Crippen LogP contribution in [-0.4, -0.2) is 10.3 Å². The largest absolute Gasteiger partial charge is 0.357 e. The Bertz CT molecular complexity index is 113. The highest BCUT2D eigenvalue weighted by atomic mass is 32.1. The molecule has 0 spiro atoms. The first-order chi connectivity index (χ1) is 4.13. The highest BCUT2D eigenvalue weighted by molar-refractivity contribution is 7.80. The molecule has 0 radical (unpaired) electrons. The van der Waals surface area contributed by atoms with E-state index in [4.69, 9.17) is 11.5 Å². The van der Waals surface area contributed by atoms with E-state index in [1.165, 1.54) is 0 Å². The van der Waals surface area contributed by atoms with Crippen molar-refractivity contribution in [2.75, 3.05) is 0 Å². The second kappa shape index (κ2) is 4.24. The van der Waals surface area contributed by atoms with E-state index in [0.717, 1.165) is 0 Å². The molecule has 0 saturated heterocycles. The highest BCUT2D eigenvalue weighted by Crippen LogP contribution is 1.80. The fraction of sp³-hybridized carbons (Fsp3) is 0. The maximum absolute atomic E-state index is 4.80. The zero-order valence-electron chi connectivity index (χ0n) is 4.20. The lowest BCUT2D eigenvalue weighted by atomic mass is 11.4. The first-order valence-corrected chi connectivity index (χ1v) is 2.54. The second-order valence-corrected chi connectivity index (χ2v) is 1.68. The standard InChI is InChI=1S/C2H4N2O3S2/c3-1(8)5-7-6-2(4)9/h(H2,3,8)(H2,4,9). The Morgan fingerprint density at radius 2 is 1.33 bits per heavy atom. The van der Waals surface area contributed by atoms with Gasteiger partial charge in [0.2, 0.25) is 0 Å². The zero-order chi connectivity index (χ0) is 7.28. The molecule has 7 heteroatoms. The molecule has 0 unspecified atom stereocenters. The summed E-state index contributed by atoms with van der Waals surface area (Å²) >= 11 is 8.43. The molecule has 52 valence electrons. The van der Waals surface area contributed by atoms with E-state index in [0.29, 0.717) is 0 Å². The fourth-order valence-electron chi connectivity index (χ4n) is 0.0841. The third-order valence-corrected chi connectivity index (χ3v) is 0.368. The minimum absolute atomic E-state index is 0.314. The van der Waals surface area contributed by atoms with Gasteiger partial charge in [0, 0.05) is 5.04 Å². The molecular formula is C2H4N2O3S2. The second-order valence-electron chi connectivity index (χ2n) is 0.873. The van der Waals surface area contributed by atoms with Crippen LogP contribution < -0.4 is 11.5 Å². The maximum Gasteiger partial charge on any atom is 0.298 e. The van der Waals surface area contributed by atoms with Crippen molar-refractivity contribution in [3.05, 3.63) is 0 Å². The summed E-state index contributed by atoms with van der Waals surface area (Å²) in [5, 5.41) is 3.20. The van der Waals surface area contributed by atoms with Crippen LogP contribution in [0, 0.1) is 0 Å². The molecule has 0 bridgehead atoms. The predicted octanol–water partition coefficient (Wildman–Crippen LogP) is -0.647. The van der Waals surface area contributed by atoms with Crippen LogP contribution in [0.1, 0.15) is 0 Å². The van der Waals surface area contributed by atoms with Gasteiger partial charge in [0.25, 0.3) is 10.3 Å². The molecule has 0 aliphatic heterocycles. The smallest absolute Gasteiger partial charge is 0.298 e. The van der Waals surface area contributed by atoms with Gasteiger partial charge in [-0.05, 0) is 24.4 Å². The SMILES string of the molecule is NC(=S)OOOC(N)=S. The average Bonchev–Trinajstić information content (AvgIpc) is 1.63. The molecule has 0 aliphatic rings. The molecule has 0 aliphatic carbocycles. The molecule has 0 aromatic heterocycles. The van der Waals surface area contributed by atoms with Gasteiger partial charge in [-0.2, -0.15) is 0 Å². The van der Waals surface area contributed by atoms with Gasteiger partial charge in [0.15, 0.2) is 0 Å². The van der Waals surface area contributed by atoms with Gasteiger partial charge < -0.3 is 11.5 Å². The molecule has 0 rings (SSSR count). The van der Waals surface area contributed by atoms with Crippen molar-refractivity contribution in [1.82, 2.24) is 0 Å². The fourth-order valence-corrected chi connectivity index (χ4v) is 0.140. The molecule has 0 atom stereocenters. The topological polar surface area (TPSA) is 79.7 Å². The van der Waals surface area contributed by atoms with Crippen LogP contribution in [0.4, 0.5) is 0 Å². The van der Waals surface area contributed by atoms with Crippen LogP contribution in [0.5, 0.6) is 0 Å². The van der Waals surface area contributed by atoms with Crippen LogP contribution >= 0.6 is 24.4 Å². The number of nitrogens with two attached hydrogens (primary N) is 2. The van der Waals surface area contributed by atoms with Crippen LogP contribution in [0.25, 0.3) is 0 Å². The first-order valence-electron chi connectivity index (χ1n) is 1.73. The third-order valence-electron chi connectivity index (χ3n) is 0.232. The molecule has 0 aromatic carbocycles. The van der Waals surface area contributed by atoms with Crippen LogP contribution in [0.15, 0.2) is 0 Å². The zero-order valence-corrected chi connectivity index (χ0v) is 5.83. The van der Waals surface area contributed by atoms with Crippen molar-refractivity contribution in [3.8, 4) is 0 Å². The van der Waals surface area contributed by atoms with E-state index < -0.39 is 0 Å². The lowest BCUT2D eigenvalue weighted by molar-refractivity contribution is -0.432. The third kappa shape index (κ3) is 7.34. The Morgan fingerprint density at radius 3 is 1.56 bits per heavy atom. The van der Waals surface area contributed by atoms with E-state index >= 15 is 0 Å². The highest BCUT2D eigenvalue weighted by Gasteiger charge is 1.91. The van der Waals surface area contributed by atoms with Crippen LogP contribution in [-0.2, 0) is 14.8 Å². The van der Waals surface area contributed by atoms with Crippen molar-refractivity contribution in [1.29, 1.82) is 0 Å². The molecular weight excluding hydrogens is 164 g/mol. The van der Waals surface area contributed by atoms with Gasteiger partial charge in [0.05, 0.1) is 0 Å². The van der Waals surface area contributed by atoms with Crippen molar-refractivity contribution >= 4 is 34.8 Å². The van der Waals surface area contributed by atoms with Crippen molar-refractivity contribution in [2.24, 2.45) is 11.5 Å². The number of hydrogen-bond acceptors (Lipinski definition) is 5. The summed E-state index contributed by atoms with van der Waals surface area (Å²) in [7, 11) is 0. The van der Waals surface area contributed by atoms with Crippen molar-refractivity contribution in [2.45, 2.75) is 0 Å². The summed E-state index contributed by atoms with van der Waals surface area (Å²) in [5.41, 5.74) is 9.60. The Hall–Kier alpha value is -0.660. The van der Waals surface area contributed by atoms with Crippen molar-refractivity contribution < 1.29 is 14.8 Å². The summed E-state index contributed by atoms with van der Waals surface area (Å²) in [6.07, 6.45) is 0. The molecule has 0 amide bonds. The summed E-state index contributed by atoms with van der Waals surface area (Å²) in [5.74, 6) is 0. The van der Waals surface area contributed by atoms with E-state index in [2.05, 4.69) is 39.2 Å². The Labute approximate surface area is 61.7 Å². The lowest BCUT2D eigenvalue weighted by Gasteiger charge is -1.97. The summed E-state index contributed by atoms with van der Waals surface area (Å²) in [6.45, 7) is 0. The number of hydrogen-bond donors (Lipinski definition) is 2. The minimum Gasteiger partial charge on any atom is -0.357 e. The maximum atomic E-state index is 4.80. The number of rotatable bonds is 2. The van der Waals surface area contributed by atoms with Gasteiger partial charge in [0.1, 0.15) is 0 Å². The quantitative estimate of drug-likeness (QED) is 0.322. The van der Waals surface area contributed by atoms with Gasteiger partial charge in [-0.3, -0.25) is 9.78 Å². The molecule has 0 saturated carbocycles. The minimum atomic E-state index is -0.314. The van der Waals surface area contributed by atoms with E-state index in [-0.39, 0.29) is 10.3 Å². The molecule has 5 nitrogen and oxygen atoms in total. The van der Waals surface area contributed by atoms with Crippen LogP contribution in [0.3, 0.4) is 0 Å². The molecule has 0 aromatic rings. The van der Waals surface area contributed by atoms with E-state index in [9.17, 15) is 0 Å². The van der Waals surface area contributed by atoms with Gasteiger partial charge >= 0.3 is 0 Å². The van der Waals surface area contributed by atoms with Gasteiger partial charge in [-0.15, -0.1) is 0 Å². The monoisotopic (exact) mass is 168 g/mol. The van der Waals surface area contributed by atoms with Crippen LogP contribution in [0.2, 0.25) is 0 Å². The molecule has 4 N–H and O–H groups in total. The van der Waals surface area contributed by atoms with Gasteiger partial charge in [-0.25, -0.2) is 0 Å². The predicted molar refractivity (Wildman–Crippen MR) is 36.8 cm³/mol.